The molecule has 0 aliphatic rings. The van der Waals surface area contributed by atoms with Crippen LogP contribution in [-0.2, 0) is 6.42 Å². The molecule has 2 aromatic carbocycles. The number of rotatable bonds is 8. The van der Waals surface area contributed by atoms with Crippen molar-refractivity contribution in [3.05, 3.63) is 54.4 Å². The highest BCUT2D eigenvalue weighted by Gasteiger charge is 2.05. The zero-order valence-corrected chi connectivity index (χ0v) is 15.4. The highest BCUT2D eigenvalue weighted by molar-refractivity contribution is 5.91. The smallest absolute Gasteiger partial charge is 0.137 e. The summed E-state index contributed by atoms with van der Waals surface area (Å²) in [5.74, 6) is 1.75. The van der Waals surface area contributed by atoms with E-state index in [1.165, 1.54) is 5.56 Å². The number of nitrogens with zero attached hydrogens (tertiary/aromatic N) is 2. The Hall–Kier alpha value is -2.82. The van der Waals surface area contributed by atoms with Crippen LogP contribution in [0.25, 0.3) is 10.9 Å². The van der Waals surface area contributed by atoms with Crippen LogP contribution in [-0.4, -0.2) is 22.6 Å². The number of hydrogen-bond acceptors (Lipinski definition) is 5. The minimum absolute atomic E-state index is 0.256. The van der Waals surface area contributed by atoms with Crippen molar-refractivity contribution >= 4 is 22.4 Å². The van der Waals surface area contributed by atoms with Crippen molar-refractivity contribution in [1.82, 2.24) is 9.97 Å². The minimum Gasteiger partial charge on any atom is -0.491 e. The van der Waals surface area contributed by atoms with E-state index < -0.39 is 0 Å². The van der Waals surface area contributed by atoms with E-state index in [2.05, 4.69) is 41.3 Å². The molecule has 3 N–H and O–H groups in total. The van der Waals surface area contributed by atoms with E-state index in [4.69, 9.17) is 10.5 Å². The molecule has 0 saturated carbocycles. The maximum absolute atomic E-state index is 5.90. The fourth-order valence-corrected chi connectivity index (χ4v) is 2.97. The van der Waals surface area contributed by atoms with Gasteiger partial charge in [-0.2, -0.15) is 0 Å². The molecule has 5 nitrogen and oxygen atoms in total. The van der Waals surface area contributed by atoms with Crippen LogP contribution in [0.2, 0.25) is 0 Å². The lowest BCUT2D eigenvalue weighted by atomic mass is 10.1. The van der Waals surface area contributed by atoms with Crippen molar-refractivity contribution in [1.29, 1.82) is 0 Å². The fourth-order valence-electron chi connectivity index (χ4n) is 2.97. The van der Waals surface area contributed by atoms with Crippen molar-refractivity contribution < 1.29 is 4.74 Å². The molecule has 0 radical (unpaired) electrons. The van der Waals surface area contributed by atoms with Crippen LogP contribution in [0.1, 0.15) is 32.3 Å². The molecule has 26 heavy (non-hydrogen) atoms. The number of aromatic nitrogens is 2. The maximum Gasteiger partial charge on any atom is 0.137 e. The molecular weight excluding hydrogens is 324 g/mol. The second kappa shape index (κ2) is 8.52. The molecule has 3 aromatic rings. The minimum atomic E-state index is 0.256. The average Bonchev–Trinajstić information content (AvgIpc) is 2.64. The summed E-state index contributed by atoms with van der Waals surface area (Å²) in [7, 11) is 0. The third-order valence-corrected chi connectivity index (χ3v) is 4.32. The highest BCUT2D eigenvalue weighted by atomic mass is 16.5. The summed E-state index contributed by atoms with van der Waals surface area (Å²) < 4.78 is 5.90. The van der Waals surface area contributed by atoms with Gasteiger partial charge in [0.1, 0.15) is 17.9 Å². The van der Waals surface area contributed by atoms with E-state index >= 15 is 0 Å². The van der Waals surface area contributed by atoms with Crippen LogP contribution in [0.4, 0.5) is 11.5 Å². The van der Waals surface area contributed by atoms with Crippen LogP contribution in [0, 0.1) is 0 Å². The summed E-state index contributed by atoms with van der Waals surface area (Å²) in [4.78, 5) is 8.62. The van der Waals surface area contributed by atoms with Crippen molar-refractivity contribution in [2.45, 2.75) is 39.2 Å². The summed E-state index contributed by atoms with van der Waals surface area (Å²) in [5, 5.41) is 4.33. The molecule has 1 unspecified atom stereocenters. The topological polar surface area (TPSA) is 73.1 Å². The van der Waals surface area contributed by atoms with Crippen LogP contribution >= 0.6 is 0 Å². The Morgan fingerprint density at radius 2 is 1.92 bits per heavy atom. The molecule has 1 aromatic heterocycles. The highest BCUT2D eigenvalue weighted by Crippen LogP contribution is 2.22. The predicted octanol–water partition coefficient (Wildman–Crippen LogP) is 4.43. The number of nitrogens with one attached hydrogen (secondary N) is 1. The van der Waals surface area contributed by atoms with Gasteiger partial charge >= 0.3 is 0 Å². The molecule has 1 atom stereocenters. The van der Waals surface area contributed by atoms with Gasteiger partial charge in [0.2, 0.25) is 0 Å². The van der Waals surface area contributed by atoms with Crippen molar-refractivity contribution in [2.24, 2.45) is 0 Å². The Morgan fingerprint density at radius 3 is 2.69 bits per heavy atom. The monoisotopic (exact) mass is 350 g/mol. The van der Waals surface area contributed by atoms with Crippen molar-refractivity contribution in [2.75, 3.05) is 17.6 Å². The summed E-state index contributed by atoms with van der Waals surface area (Å²) in [6, 6.07) is 14.0. The second-order valence-corrected chi connectivity index (χ2v) is 6.54. The first-order valence-electron chi connectivity index (χ1n) is 9.15. The first-order valence-corrected chi connectivity index (χ1v) is 9.15. The fraction of sp³-hybridized carbons (Fsp3) is 0.333. The SMILES string of the molecule is CCCC(C)Oc1ccc(CCNc2ncnc3ccc(N)cc23)cc1. The molecule has 3 rings (SSSR count). The number of benzene rings is 2. The van der Waals surface area contributed by atoms with E-state index in [1.807, 2.05) is 30.3 Å². The molecule has 0 fully saturated rings. The lowest BCUT2D eigenvalue weighted by Crippen LogP contribution is -2.11. The van der Waals surface area contributed by atoms with Crippen LogP contribution < -0.4 is 15.8 Å². The largest absolute Gasteiger partial charge is 0.491 e. The summed E-state index contributed by atoms with van der Waals surface area (Å²) in [6.07, 6.45) is 4.94. The Labute approximate surface area is 154 Å². The third-order valence-electron chi connectivity index (χ3n) is 4.32. The predicted molar refractivity (Wildman–Crippen MR) is 108 cm³/mol. The Kier molecular flexibility index (Phi) is 5.89. The van der Waals surface area contributed by atoms with E-state index in [1.54, 1.807) is 6.33 Å². The number of ether oxygens (including phenoxy) is 1. The van der Waals surface area contributed by atoms with Gasteiger partial charge in [0, 0.05) is 17.6 Å². The molecule has 5 heteroatoms. The Balaban J connectivity index is 1.58. The van der Waals surface area contributed by atoms with E-state index in [9.17, 15) is 0 Å². The molecule has 0 saturated heterocycles. The number of anilines is 2. The molecule has 136 valence electrons. The zero-order valence-electron chi connectivity index (χ0n) is 15.4. The standard InChI is InChI=1S/C21H26N4O/c1-3-4-15(2)26-18-8-5-16(6-9-18)11-12-23-21-19-13-17(22)7-10-20(19)24-14-25-21/h5-10,13-15H,3-4,11-12,22H2,1-2H3,(H,23,24,25). The lowest BCUT2D eigenvalue weighted by Gasteiger charge is -2.14. The number of nitrogen functional groups attached to an aromatic ring is 1. The van der Waals surface area contributed by atoms with E-state index in [0.717, 1.165) is 48.3 Å². The second-order valence-electron chi connectivity index (χ2n) is 6.54. The van der Waals surface area contributed by atoms with Gasteiger partial charge in [-0.15, -0.1) is 0 Å². The van der Waals surface area contributed by atoms with Crippen LogP contribution in [0.15, 0.2) is 48.8 Å². The maximum atomic E-state index is 5.90. The summed E-state index contributed by atoms with van der Waals surface area (Å²) in [6.45, 7) is 5.07. The van der Waals surface area contributed by atoms with Gasteiger partial charge in [-0.25, -0.2) is 9.97 Å². The van der Waals surface area contributed by atoms with Gasteiger partial charge in [-0.1, -0.05) is 25.5 Å². The zero-order chi connectivity index (χ0) is 18.4. The Morgan fingerprint density at radius 1 is 1.12 bits per heavy atom. The van der Waals surface area contributed by atoms with E-state index in [0.29, 0.717) is 5.69 Å². The number of hydrogen-bond donors (Lipinski definition) is 2. The van der Waals surface area contributed by atoms with E-state index in [-0.39, 0.29) is 6.10 Å². The molecule has 0 bridgehead atoms. The van der Waals surface area contributed by atoms with Crippen LogP contribution in [0.5, 0.6) is 5.75 Å². The van der Waals surface area contributed by atoms with Gasteiger partial charge in [0.15, 0.2) is 0 Å². The van der Waals surface area contributed by atoms with Gasteiger partial charge in [0.05, 0.1) is 11.6 Å². The molecule has 1 heterocycles. The van der Waals surface area contributed by atoms with Crippen LogP contribution in [0.3, 0.4) is 0 Å². The lowest BCUT2D eigenvalue weighted by molar-refractivity contribution is 0.210. The van der Waals surface area contributed by atoms with Crippen molar-refractivity contribution in [3.63, 3.8) is 0 Å². The van der Waals surface area contributed by atoms with Crippen molar-refractivity contribution in [3.8, 4) is 5.75 Å². The average molecular weight is 350 g/mol. The molecule has 0 amide bonds. The number of nitrogens with two attached hydrogens (primary N) is 1. The first-order chi connectivity index (χ1) is 12.7. The van der Waals surface area contributed by atoms with Gasteiger partial charge in [-0.3, -0.25) is 0 Å². The third kappa shape index (κ3) is 4.63. The summed E-state index contributed by atoms with van der Waals surface area (Å²) >= 11 is 0. The Bertz CT molecular complexity index is 848. The summed E-state index contributed by atoms with van der Waals surface area (Å²) in [5.41, 5.74) is 8.74. The van der Waals surface area contributed by atoms with Gasteiger partial charge in [0.25, 0.3) is 0 Å². The molecule has 0 spiro atoms. The first kappa shape index (κ1) is 18.0. The number of fused-ring (bicyclic) bond motifs is 1. The molecular formula is C21H26N4O. The normalized spacial score (nSPS) is 12.1. The molecule has 0 aliphatic heterocycles. The molecule has 0 aliphatic carbocycles. The van der Waals surface area contributed by atoms with Gasteiger partial charge in [-0.05, 0) is 55.7 Å². The van der Waals surface area contributed by atoms with Gasteiger partial charge < -0.3 is 15.8 Å². The quantitative estimate of drug-likeness (QED) is 0.588.